The van der Waals surface area contributed by atoms with Crippen LogP contribution in [0.4, 0.5) is 0 Å². The van der Waals surface area contributed by atoms with Crippen molar-refractivity contribution in [3.8, 4) is 39.9 Å². The number of hydrogen-bond donors (Lipinski definition) is 0. The minimum Gasteiger partial charge on any atom is -0.497 e. The van der Waals surface area contributed by atoms with Gasteiger partial charge in [-0.3, -0.25) is 0 Å². The van der Waals surface area contributed by atoms with E-state index >= 15 is 0 Å². The number of aromatic nitrogens is 3. The molecule has 7 nitrogen and oxygen atoms in total. The van der Waals surface area contributed by atoms with E-state index in [1.807, 2.05) is 30.3 Å². The Balaban J connectivity index is 2.16. The lowest BCUT2D eigenvalue weighted by Gasteiger charge is -2.15. The second-order valence-electron chi connectivity index (χ2n) is 5.14. The summed E-state index contributed by atoms with van der Waals surface area (Å²) in [7, 11) is 6.38. The number of ether oxygens (including phenoxy) is 4. The van der Waals surface area contributed by atoms with Crippen molar-refractivity contribution in [2.45, 2.75) is 0 Å². The fraction of sp³-hybridized carbons (Fsp3) is 0.222. The highest BCUT2D eigenvalue weighted by Gasteiger charge is 2.18. The normalized spacial score (nSPS) is 10.4. The summed E-state index contributed by atoms with van der Waals surface area (Å²) in [6.45, 7) is 0. The molecule has 25 heavy (non-hydrogen) atoms. The molecule has 0 aliphatic rings. The van der Waals surface area contributed by atoms with E-state index < -0.39 is 0 Å². The molecule has 0 saturated heterocycles. The Morgan fingerprint density at radius 1 is 0.800 bits per heavy atom. The Labute approximate surface area is 145 Å². The van der Waals surface area contributed by atoms with E-state index in [1.165, 1.54) is 0 Å². The first kappa shape index (κ1) is 16.6. The Morgan fingerprint density at radius 2 is 1.52 bits per heavy atom. The topological polar surface area (TPSA) is 67.6 Å². The fourth-order valence-electron chi connectivity index (χ4n) is 2.57. The molecule has 2 aromatic carbocycles. The van der Waals surface area contributed by atoms with Gasteiger partial charge in [-0.05, 0) is 24.3 Å². The summed E-state index contributed by atoms with van der Waals surface area (Å²) >= 11 is 0. The average molecular weight is 341 g/mol. The van der Waals surface area contributed by atoms with E-state index in [9.17, 15) is 0 Å². The van der Waals surface area contributed by atoms with E-state index in [0.717, 1.165) is 17.0 Å². The molecule has 0 unspecified atom stereocenters. The van der Waals surface area contributed by atoms with E-state index in [2.05, 4.69) is 10.3 Å². The second-order valence-corrected chi connectivity index (χ2v) is 5.14. The predicted molar refractivity (Wildman–Crippen MR) is 93.0 cm³/mol. The number of benzene rings is 2. The van der Waals surface area contributed by atoms with Crippen molar-refractivity contribution in [3.05, 3.63) is 42.6 Å². The molecule has 0 radical (unpaired) electrons. The largest absolute Gasteiger partial charge is 0.497 e. The molecule has 0 N–H and O–H groups in total. The molecule has 0 aliphatic carbocycles. The molecule has 0 bridgehead atoms. The van der Waals surface area contributed by atoms with Crippen molar-refractivity contribution >= 4 is 0 Å². The van der Waals surface area contributed by atoms with Gasteiger partial charge in [0.2, 0.25) is 0 Å². The Kier molecular flexibility index (Phi) is 4.74. The number of methoxy groups -OCH3 is 4. The summed E-state index contributed by atoms with van der Waals surface area (Å²) in [5, 5.41) is 8.26. The maximum absolute atomic E-state index is 5.53. The summed E-state index contributed by atoms with van der Waals surface area (Å²) in [6.07, 6.45) is 1.69. The first-order chi connectivity index (χ1) is 12.2. The van der Waals surface area contributed by atoms with Crippen molar-refractivity contribution in [3.63, 3.8) is 0 Å². The predicted octanol–water partition coefficient (Wildman–Crippen LogP) is 2.97. The second kappa shape index (κ2) is 7.12. The van der Waals surface area contributed by atoms with E-state index in [1.54, 1.807) is 45.4 Å². The van der Waals surface area contributed by atoms with Gasteiger partial charge in [0.1, 0.15) is 17.2 Å². The molecule has 0 spiro atoms. The van der Waals surface area contributed by atoms with Crippen LogP contribution in [-0.4, -0.2) is 43.4 Å². The minimum absolute atomic E-state index is 0.545. The van der Waals surface area contributed by atoms with Crippen molar-refractivity contribution in [2.75, 3.05) is 28.4 Å². The van der Waals surface area contributed by atoms with Crippen molar-refractivity contribution in [2.24, 2.45) is 0 Å². The van der Waals surface area contributed by atoms with Crippen LogP contribution >= 0.6 is 0 Å². The Bertz CT molecular complexity index is 859. The first-order valence-corrected chi connectivity index (χ1v) is 7.57. The lowest BCUT2D eigenvalue weighted by Crippen LogP contribution is -2.04. The molecule has 0 atom stereocenters. The van der Waals surface area contributed by atoms with Crippen LogP contribution in [0.15, 0.2) is 42.6 Å². The summed E-state index contributed by atoms with van der Waals surface area (Å²) < 4.78 is 23.2. The van der Waals surface area contributed by atoms with Crippen LogP contribution in [0, 0.1) is 0 Å². The van der Waals surface area contributed by atoms with Gasteiger partial charge in [-0.2, -0.15) is 0 Å². The quantitative estimate of drug-likeness (QED) is 0.687. The van der Waals surface area contributed by atoms with Crippen LogP contribution in [0.3, 0.4) is 0 Å². The third-order valence-corrected chi connectivity index (χ3v) is 3.83. The Morgan fingerprint density at radius 3 is 2.12 bits per heavy atom. The summed E-state index contributed by atoms with van der Waals surface area (Å²) in [6, 6.07) is 11.2. The van der Waals surface area contributed by atoms with Crippen LogP contribution in [0.5, 0.6) is 23.0 Å². The highest BCUT2D eigenvalue weighted by Crippen LogP contribution is 2.39. The molecule has 7 heteroatoms. The third kappa shape index (κ3) is 3.08. The van der Waals surface area contributed by atoms with Gasteiger partial charge < -0.3 is 18.9 Å². The first-order valence-electron chi connectivity index (χ1n) is 7.57. The Hall–Kier alpha value is -3.22. The third-order valence-electron chi connectivity index (χ3n) is 3.83. The molecule has 3 aromatic rings. The van der Waals surface area contributed by atoms with Gasteiger partial charge in [-0.1, -0.05) is 5.21 Å². The number of rotatable bonds is 6. The standard InChI is InChI=1S/C18H19N3O4/c1-22-13-7-5-12(6-8-13)16-11-19-20-21(16)15-9-14(23-2)10-17(24-3)18(15)25-4/h5-11H,1-4H3. The minimum atomic E-state index is 0.545. The zero-order valence-electron chi connectivity index (χ0n) is 14.5. The summed E-state index contributed by atoms with van der Waals surface area (Å²) in [5.41, 5.74) is 2.41. The van der Waals surface area contributed by atoms with E-state index in [0.29, 0.717) is 22.9 Å². The van der Waals surface area contributed by atoms with Crippen molar-refractivity contribution in [1.29, 1.82) is 0 Å². The molecular weight excluding hydrogens is 322 g/mol. The highest BCUT2D eigenvalue weighted by atomic mass is 16.5. The van der Waals surface area contributed by atoms with Crippen LogP contribution < -0.4 is 18.9 Å². The molecule has 1 heterocycles. The highest BCUT2D eigenvalue weighted by molar-refractivity contribution is 5.66. The van der Waals surface area contributed by atoms with Crippen molar-refractivity contribution < 1.29 is 18.9 Å². The van der Waals surface area contributed by atoms with Crippen LogP contribution in [0.25, 0.3) is 16.9 Å². The molecule has 0 saturated carbocycles. The summed E-state index contributed by atoms with van der Waals surface area (Å²) in [4.78, 5) is 0. The molecule has 0 aliphatic heterocycles. The lowest BCUT2D eigenvalue weighted by atomic mass is 10.1. The van der Waals surface area contributed by atoms with E-state index in [4.69, 9.17) is 18.9 Å². The maximum Gasteiger partial charge on any atom is 0.186 e. The smallest absolute Gasteiger partial charge is 0.186 e. The van der Waals surface area contributed by atoms with Gasteiger partial charge in [0.25, 0.3) is 0 Å². The van der Waals surface area contributed by atoms with Gasteiger partial charge in [0.15, 0.2) is 11.5 Å². The van der Waals surface area contributed by atoms with Crippen LogP contribution in [-0.2, 0) is 0 Å². The monoisotopic (exact) mass is 341 g/mol. The molecule has 3 rings (SSSR count). The number of nitrogens with zero attached hydrogens (tertiary/aromatic N) is 3. The molecule has 1 aromatic heterocycles. The zero-order chi connectivity index (χ0) is 17.8. The zero-order valence-corrected chi connectivity index (χ0v) is 14.5. The SMILES string of the molecule is COc1ccc(-c2cnnn2-c2cc(OC)cc(OC)c2OC)cc1. The maximum atomic E-state index is 5.53. The summed E-state index contributed by atoms with van der Waals surface area (Å²) in [5.74, 6) is 2.50. The molecule has 130 valence electrons. The van der Waals surface area contributed by atoms with Crippen molar-refractivity contribution in [1.82, 2.24) is 15.0 Å². The fourth-order valence-corrected chi connectivity index (χ4v) is 2.57. The van der Waals surface area contributed by atoms with Gasteiger partial charge >= 0.3 is 0 Å². The van der Waals surface area contributed by atoms with Gasteiger partial charge in [-0.25, -0.2) is 4.68 Å². The van der Waals surface area contributed by atoms with Gasteiger partial charge in [0, 0.05) is 17.7 Å². The van der Waals surface area contributed by atoms with Crippen LogP contribution in [0.1, 0.15) is 0 Å². The molecule has 0 fully saturated rings. The van der Waals surface area contributed by atoms with E-state index in [-0.39, 0.29) is 0 Å². The average Bonchev–Trinajstić information content (AvgIpc) is 3.16. The molecular formula is C18H19N3O4. The lowest BCUT2D eigenvalue weighted by molar-refractivity contribution is 0.347. The van der Waals surface area contributed by atoms with Gasteiger partial charge in [0.05, 0.1) is 40.3 Å². The number of hydrogen-bond acceptors (Lipinski definition) is 6. The van der Waals surface area contributed by atoms with Gasteiger partial charge in [-0.15, -0.1) is 5.10 Å². The van der Waals surface area contributed by atoms with Crippen LogP contribution in [0.2, 0.25) is 0 Å². The molecule has 0 amide bonds.